The van der Waals surface area contributed by atoms with Gasteiger partial charge in [0.15, 0.2) is 0 Å². The van der Waals surface area contributed by atoms with Crippen molar-refractivity contribution in [2.75, 3.05) is 13.3 Å². The summed E-state index contributed by atoms with van der Waals surface area (Å²) in [4.78, 5) is 3.02. The second-order valence-electron chi connectivity index (χ2n) is 3.57. The molecular weight excluding hydrogens is 152 g/mol. The summed E-state index contributed by atoms with van der Waals surface area (Å²) in [6.45, 7) is 5.09. The van der Waals surface area contributed by atoms with E-state index in [2.05, 4.69) is 30.2 Å². The summed E-state index contributed by atoms with van der Waals surface area (Å²) in [5, 5.41) is 11.5. The molecule has 0 spiro atoms. The third kappa shape index (κ3) is 2.09. The first-order chi connectivity index (χ1) is 5.67. The van der Waals surface area contributed by atoms with Crippen LogP contribution in [0.4, 0.5) is 0 Å². The Balaban J connectivity index is 2.59. The Morgan fingerprint density at radius 1 is 1.58 bits per heavy atom. The molecule has 0 amide bonds. The lowest BCUT2D eigenvalue weighted by Gasteiger charge is -2.23. The molecule has 3 N–H and O–H groups in total. The Hall–Kier alpha value is -0.800. The molecule has 0 saturated heterocycles. The van der Waals surface area contributed by atoms with Gasteiger partial charge in [-0.25, -0.2) is 0 Å². The molecule has 0 unspecified atom stereocenters. The van der Waals surface area contributed by atoms with Crippen LogP contribution in [0.25, 0.3) is 0 Å². The van der Waals surface area contributed by atoms with E-state index in [0.29, 0.717) is 0 Å². The number of aliphatic hydroxyl groups excluding tert-OH is 1. The zero-order valence-corrected chi connectivity index (χ0v) is 7.59. The Labute approximate surface area is 72.8 Å². The first kappa shape index (κ1) is 9.29. The second kappa shape index (κ2) is 3.74. The van der Waals surface area contributed by atoms with Crippen LogP contribution in [0.5, 0.6) is 0 Å². The summed E-state index contributed by atoms with van der Waals surface area (Å²) in [6, 6.07) is 2.05. The molecule has 1 aromatic heterocycles. The molecule has 0 aliphatic carbocycles. The molecule has 3 nitrogen and oxygen atoms in total. The molecule has 0 bridgehead atoms. The van der Waals surface area contributed by atoms with Crippen LogP contribution in [-0.2, 0) is 5.41 Å². The topological polar surface area (TPSA) is 48.0 Å². The van der Waals surface area contributed by atoms with Crippen LogP contribution >= 0.6 is 0 Å². The minimum Gasteiger partial charge on any atom is -0.381 e. The van der Waals surface area contributed by atoms with Crippen molar-refractivity contribution in [1.29, 1.82) is 0 Å². The lowest BCUT2D eigenvalue weighted by atomic mass is 9.86. The molecule has 1 heterocycles. The number of aromatic amines is 1. The fourth-order valence-electron chi connectivity index (χ4n) is 1.22. The normalized spacial score (nSPS) is 11.9. The van der Waals surface area contributed by atoms with E-state index < -0.39 is 0 Å². The van der Waals surface area contributed by atoms with Crippen LogP contribution in [0.1, 0.15) is 19.4 Å². The fourth-order valence-corrected chi connectivity index (χ4v) is 1.22. The van der Waals surface area contributed by atoms with Crippen LogP contribution in [0.15, 0.2) is 18.5 Å². The van der Waals surface area contributed by atoms with Crippen molar-refractivity contribution in [3.63, 3.8) is 0 Å². The Kier molecular flexibility index (Phi) is 2.89. The third-order valence-electron chi connectivity index (χ3n) is 2.06. The summed E-state index contributed by atoms with van der Waals surface area (Å²) in [5.41, 5.74) is 1.33. The average molecular weight is 168 g/mol. The standard InChI is InChI=1S/C9H16N2O/c1-9(2,6-11-7-12)8-3-4-10-5-8/h3-5,10-12H,6-7H2,1-2H3. The molecular formula is C9H16N2O. The zero-order chi connectivity index (χ0) is 9.03. The zero-order valence-electron chi connectivity index (χ0n) is 7.59. The van der Waals surface area contributed by atoms with Crippen molar-refractivity contribution in [2.24, 2.45) is 0 Å². The summed E-state index contributed by atoms with van der Waals surface area (Å²) in [7, 11) is 0. The van der Waals surface area contributed by atoms with E-state index in [1.165, 1.54) is 5.56 Å². The highest BCUT2D eigenvalue weighted by Crippen LogP contribution is 2.20. The van der Waals surface area contributed by atoms with E-state index in [4.69, 9.17) is 5.11 Å². The summed E-state index contributed by atoms with van der Waals surface area (Å²) in [5.74, 6) is 0. The molecule has 1 rings (SSSR count). The molecule has 0 fully saturated rings. The highest BCUT2D eigenvalue weighted by Gasteiger charge is 2.19. The Morgan fingerprint density at radius 3 is 2.83 bits per heavy atom. The number of rotatable bonds is 4. The van der Waals surface area contributed by atoms with Crippen molar-refractivity contribution >= 4 is 0 Å². The van der Waals surface area contributed by atoms with Crippen molar-refractivity contribution in [3.05, 3.63) is 24.0 Å². The minimum absolute atomic E-state index is 0.0356. The van der Waals surface area contributed by atoms with Gasteiger partial charge in [-0.2, -0.15) is 0 Å². The molecule has 0 radical (unpaired) electrons. The lowest BCUT2D eigenvalue weighted by molar-refractivity contribution is 0.248. The molecule has 3 heteroatoms. The minimum atomic E-state index is 0.0356. The smallest absolute Gasteiger partial charge is 0.0931 e. The molecule has 0 atom stereocenters. The molecule has 68 valence electrons. The van der Waals surface area contributed by atoms with Crippen molar-refractivity contribution in [3.8, 4) is 0 Å². The van der Waals surface area contributed by atoms with Crippen LogP contribution in [0.3, 0.4) is 0 Å². The first-order valence-electron chi connectivity index (χ1n) is 4.11. The predicted octanol–water partition coefficient (Wildman–Crippen LogP) is 0.832. The second-order valence-corrected chi connectivity index (χ2v) is 3.57. The van der Waals surface area contributed by atoms with E-state index in [-0.39, 0.29) is 12.1 Å². The van der Waals surface area contributed by atoms with Gasteiger partial charge in [-0.1, -0.05) is 13.8 Å². The number of aliphatic hydroxyl groups is 1. The van der Waals surface area contributed by atoms with E-state index in [1.807, 2.05) is 12.4 Å². The number of nitrogens with one attached hydrogen (secondary N) is 2. The van der Waals surface area contributed by atoms with Crippen LogP contribution in [0, 0.1) is 0 Å². The van der Waals surface area contributed by atoms with E-state index in [1.54, 1.807) is 0 Å². The van der Waals surface area contributed by atoms with E-state index >= 15 is 0 Å². The molecule has 1 aromatic rings. The Morgan fingerprint density at radius 2 is 2.33 bits per heavy atom. The molecule has 0 saturated carbocycles. The van der Waals surface area contributed by atoms with Gasteiger partial charge in [0.05, 0.1) is 6.73 Å². The lowest BCUT2D eigenvalue weighted by Crippen LogP contribution is -2.33. The predicted molar refractivity (Wildman–Crippen MR) is 48.9 cm³/mol. The maximum Gasteiger partial charge on any atom is 0.0931 e. The van der Waals surface area contributed by atoms with Crippen LogP contribution < -0.4 is 5.32 Å². The number of hydrogen-bond donors (Lipinski definition) is 3. The maximum absolute atomic E-state index is 8.61. The molecule has 0 aliphatic rings. The van der Waals surface area contributed by atoms with Gasteiger partial charge in [0, 0.05) is 24.4 Å². The average Bonchev–Trinajstić information content (AvgIpc) is 2.53. The number of H-pyrrole nitrogens is 1. The summed E-state index contributed by atoms with van der Waals surface area (Å²) in [6.07, 6.45) is 3.90. The summed E-state index contributed by atoms with van der Waals surface area (Å²) >= 11 is 0. The van der Waals surface area contributed by atoms with Gasteiger partial charge in [-0.15, -0.1) is 0 Å². The summed E-state index contributed by atoms with van der Waals surface area (Å²) < 4.78 is 0. The van der Waals surface area contributed by atoms with Gasteiger partial charge < -0.3 is 10.1 Å². The van der Waals surface area contributed by atoms with E-state index in [0.717, 1.165) is 6.54 Å². The van der Waals surface area contributed by atoms with Gasteiger partial charge in [0.25, 0.3) is 0 Å². The van der Waals surface area contributed by atoms with Gasteiger partial charge >= 0.3 is 0 Å². The molecule has 0 aromatic carbocycles. The van der Waals surface area contributed by atoms with Gasteiger partial charge in [-0.3, -0.25) is 5.32 Å². The van der Waals surface area contributed by atoms with Crippen molar-refractivity contribution < 1.29 is 5.11 Å². The monoisotopic (exact) mass is 168 g/mol. The van der Waals surface area contributed by atoms with Crippen LogP contribution in [0.2, 0.25) is 0 Å². The third-order valence-corrected chi connectivity index (χ3v) is 2.06. The first-order valence-corrected chi connectivity index (χ1v) is 4.11. The number of aromatic nitrogens is 1. The maximum atomic E-state index is 8.61. The van der Waals surface area contributed by atoms with Crippen molar-refractivity contribution in [2.45, 2.75) is 19.3 Å². The SMILES string of the molecule is CC(C)(CNCO)c1cc[nH]c1. The van der Waals surface area contributed by atoms with Crippen LogP contribution in [-0.4, -0.2) is 23.4 Å². The highest BCUT2D eigenvalue weighted by atomic mass is 16.3. The molecule has 12 heavy (non-hydrogen) atoms. The quantitative estimate of drug-likeness (QED) is 0.583. The Bertz CT molecular complexity index is 216. The van der Waals surface area contributed by atoms with Gasteiger partial charge in [-0.05, 0) is 11.6 Å². The fraction of sp³-hybridized carbons (Fsp3) is 0.556. The largest absolute Gasteiger partial charge is 0.381 e. The van der Waals surface area contributed by atoms with E-state index in [9.17, 15) is 0 Å². The number of hydrogen-bond acceptors (Lipinski definition) is 2. The highest BCUT2D eigenvalue weighted by molar-refractivity contribution is 5.20. The molecule has 0 aliphatic heterocycles. The van der Waals surface area contributed by atoms with Crippen molar-refractivity contribution in [1.82, 2.24) is 10.3 Å². The van der Waals surface area contributed by atoms with Gasteiger partial charge in [0.2, 0.25) is 0 Å². The van der Waals surface area contributed by atoms with Gasteiger partial charge in [0.1, 0.15) is 0 Å².